The topological polar surface area (TPSA) is 73.5 Å². The van der Waals surface area contributed by atoms with E-state index in [4.69, 9.17) is 11.6 Å². The molecule has 0 aliphatic rings. The molecule has 0 saturated heterocycles. The first-order valence-corrected chi connectivity index (χ1v) is 9.46. The van der Waals surface area contributed by atoms with Crippen molar-refractivity contribution in [2.24, 2.45) is 4.99 Å². The van der Waals surface area contributed by atoms with Crippen LogP contribution in [0.3, 0.4) is 0 Å². The van der Waals surface area contributed by atoms with Crippen molar-refractivity contribution in [2.45, 2.75) is 23.6 Å². The van der Waals surface area contributed by atoms with Crippen molar-refractivity contribution < 1.29 is 8.42 Å². The van der Waals surface area contributed by atoms with E-state index in [-0.39, 0.29) is 20.4 Å². The largest absolute Gasteiger partial charge is 0.366 e. The van der Waals surface area contributed by atoms with Crippen LogP contribution in [-0.4, -0.2) is 33.2 Å². The van der Waals surface area contributed by atoms with Gasteiger partial charge in [-0.05, 0) is 43.7 Å². The zero-order valence-corrected chi connectivity index (χ0v) is 15.8. The van der Waals surface area contributed by atoms with Crippen molar-refractivity contribution in [3.05, 3.63) is 52.5 Å². The van der Waals surface area contributed by atoms with Gasteiger partial charge >= 0.3 is 0 Å². The van der Waals surface area contributed by atoms with Crippen molar-refractivity contribution >= 4 is 33.5 Å². The fraction of sp³-hybridized carbons (Fsp3) is 0.222. The van der Waals surface area contributed by atoms with E-state index in [1.54, 1.807) is 25.4 Å². The summed E-state index contributed by atoms with van der Waals surface area (Å²) in [5.74, 6) is 0. The summed E-state index contributed by atoms with van der Waals surface area (Å²) in [5.41, 5.74) is 1.36. The Morgan fingerprint density at radius 2 is 1.96 bits per heavy atom. The van der Waals surface area contributed by atoms with Gasteiger partial charge in [0.15, 0.2) is 0 Å². The maximum Gasteiger partial charge on any atom is 0.209 e. The van der Waals surface area contributed by atoms with Crippen molar-refractivity contribution in [3.8, 4) is 6.07 Å². The number of aryl methyl sites for hydroxylation is 1. The molecule has 130 valence electrons. The standard InChI is InChI=1S/C18H18ClN3O2S/c1-4-22(3)12-21-16-10-15(19)18(9-13(16)2)25(23,24)17-8-6-5-7-14(17)11-20/h5-10,12H,4H2,1-3H3. The predicted molar refractivity (Wildman–Crippen MR) is 99.3 cm³/mol. The van der Waals surface area contributed by atoms with E-state index in [1.807, 2.05) is 24.9 Å². The van der Waals surface area contributed by atoms with Gasteiger partial charge in [0, 0.05) is 13.6 Å². The Hall–Kier alpha value is -2.36. The molecule has 0 bridgehead atoms. The number of nitrogens with zero attached hydrogens (tertiary/aromatic N) is 3. The highest BCUT2D eigenvalue weighted by molar-refractivity contribution is 7.91. The van der Waals surface area contributed by atoms with E-state index in [1.165, 1.54) is 24.3 Å². The van der Waals surface area contributed by atoms with Crippen molar-refractivity contribution in [1.82, 2.24) is 4.90 Å². The Bertz CT molecular complexity index is 963. The molecule has 0 heterocycles. The van der Waals surface area contributed by atoms with Gasteiger partial charge in [-0.2, -0.15) is 5.26 Å². The Morgan fingerprint density at radius 1 is 1.28 bits per heavy atom. The van der Waals surface area contributed by atoms with E-state index in [9.17, 15) is 13.7 Å². The molecule has 2 aromatic carbocycles. The van der Waals surface area contributed by atoms with Crippen LogP contribution in [0.4, 0.5) is 5.69 Å². The van der Waals surface area contributed by atoms with Crippen LogP contribution in [0.25, 0.3) is 0 Å². The Morgan fingerprint density at radius 3 is 2.60 bits per heavy atom. The maximum absolute atomic E-state index is 12.9. The van der Waals surface area contributed by atoms with E-state index < -0.39 is 9.84 Å². The molecule has 2 rings (SSSR count). The van der Waals surface area contributed by atoms with E-state index >= 15 is 0 Å². The molecule has 0 spiro atoms. The molecule has 0 saturated carbocycles. The molecular formula is C18H18ClN3O2S. The summed E-state index contributed by atoms with van der Waals surface area (Å²) >= 11 is 6.23. The molecule has 7 heteroatoms. The fourth-order valence-electron chi connectivity index (χ4n) is 2.14. The fourth-order valence-corrected chi connectivity index (χ4v) is 4.15. The first-order valence-electron chi connectivity index (χ1n) is 7.60. The molecule has 0 aliphatic heterocycles. The second-order valence-corrected chi connectivity index (χ2v) is 7.79. The number of hydrogen-bond donors (Lipinski definition) is 0. The highest BCUT2D eigenvalue weighted by Crippen LogP contribution is 2.34. The van der Waals surface area contributed by atoms with Gasteiger partial charge in [-0.3, -0.25) is 0 Å². The predicted octanol–water partition coefficient (Wildman–Crippen LogP) is 3.96. The summed E-state index contributed by atoms with van der Waals surface area (Å²) in [5, 5.41) is 9.24. The molecule has 0 fully saturated rings. The second-order valence-electron chi connectivity index (χ2n) is 5.50. The highest BCUT2D eigenvalue weighted by atomic mass is 35.5. The van der Waals surface area contributed by atoms with E-state index in [0.717, 1.165) is 6.54 Å². The van der Waals surface area contributed by atoms with E-state index in [2.05, 4.69) is 4.99 Å². The van der Waals surface area contributed by atoms with Gasteiger partial charge in [0.25, 0.3) is 0 Å². The second kappa shape index (κ2) is 7.68. The SMILES string of the molecule is CCN(C)C=Nc1cc(Cl)c(S(=O)(=O)c2ccccc2C#N)cc1C. The Labute approximate surface area is 153 Å². The van der Waals surface area contributed by atoms with Crippen LogP contribution >= 0.6 is 11.6 Å². The van der Waals surface area contributed by atoms with Crippen molar-refractivity contribution in [3.63, 3.8) is 0 Å². The van der Waals surface area contributed by atoms with E-state index in [0.29, 0.717) is 11.3 Å². The third-order valence-electron chi connectivity index (χ3n) is 3.73. The normalized spacial score (nSPS) is 11.5. The van der Waals surface area contributed by atoms with Gasteiger partial charge in [0.1, 0.15) is 6.07 Å². The number of nitriles is 1. The van der Waals surface area contributed by atoms with Crippen LogP contribution in [0.2, 0.25) is 5.02 Å². The smallest absolute Gasteiger partial charge is 0.209 e. The molecule has 0 unspecified atom stereocenters. The number of sulfone groups is 1. The molecule has 0 atom stereocenters. The van der Waals surface area contributed by atoms with Gasteiger partial charge in [-0.15, -0.1) is 0 Å². The van der Waals surface area contributed by atoms with Crippen molar-refractivity contribution in [1.29, 1.82) is 5.26 Å². The summed E-state index contributed by atoms with van der Waals surface area (Å²) in [6.45, 7) is 4.56. The lowest BCUT2D eigenvalue weighted by Gasteiger charge is -2.12. The van der Waals surface area contributed by atoms with Gasteiger partial charge < -0.3 is 4.90 Å². The third-order valence-corrected chi connectivity index (χ3v) is 6.01. The Balaban J connectivity index is 2.55. The average Bonchev–Trinajstić information content (AvgIpc) is 2.61. The summed E-state index contributed by atoms with van der Waals surface area (Å²) in [6, 6.07) is 11.0. The molecule has 5 nitrogen and oxygen atoms in total. The lowest BCUT2D eigenvalue weighted by atomic mass is 10.2. The van der Waals surface area contributed by atoms with Crippen LogP contribution in [0.1, 0.15) is 18.1 Å². The van der Waals surface area contributed by atoms with Gasteiger partial charge in [-0.1, -0.05) is 23.7 Å². The molecule has 25 heavy (non-hydrogen) atoms. The minimum absolute atomic E-state index is 0.0304. The van der Waals surface area contributed by atoms with Gasteiger partial charge in [0.05, 0.1) is 32.4 Å². The minimum Gasteiger partial charge on any atom is -0.366 e. The van der Waals surface area contributed by atoms with Crippen molar-refractivity contribution in [2.75, 3.05) is 13.6 Å². The number of halogens is 1. The number of aliphatic imine (C=N–C) groups is 1. The average molecular weight is 376 g/mol. The highest BCUT2D eigenvalue weighted by Gasteiger charge is 2.24. The van der Waals surface area contributed by atoms with Crippen LogP contribution in [-0.2, 0) is 9.84 Å². The van der Waals surface area contributed by atoms with Gasteiger partial charge in [-0.25, -0.2) is 13.4 Å². The minimum atomic E-state index is -3.90. The molecule has 0 radical (unpaired) electrons. The number of benzene rings is 2. The molecule has 2 aromatic rings. The molecule has 0 aliphatic carbocycles. The third kappa shape index (κ3) is 4.01. The number of hydrogen-bond acceptors (Lipinski definition) is 4. The Kier molecular flexibility index (Phi) is 5.83. The van der Waals surface area contributed by atoms with Crippen LogP contribution < -0.4 is 0 Å². The number of rotatable bonds is 5. The monoisotopic (exact) mass is 375 g/mol. The summed E-state index contributed by atoms with van der Waals surface area (Å²) < 4.78 is 25.9. The summed E-state index contributed by atoms with van der Waals surface area (Å²) in [4.78, 5) is 6.14. The first kappa shape index (κ1) is 19.0. The lowest BCUT2D eigenvalue weighted by molar-refractivity contribution is 0.552. The van der Waals surface area contributed by atoms with Crippen LogP contribution in [0.15, 0.2) is 51.2 Å². The van der Waals surface area contributed by atoms with Crippen LogP contribution in [0.5, 0.6) is 0 Å². The van der Waals surface area contributed by atoms with Gasteiger partial charge in [0.2, 0.25) is 9.84 Å². The quantitative estimate of drug-likeness (QED) is 0.585. The first-order chi connectivity index (χ1) is 11.8. The molecular weight excluding hydrogens is 358 g/mol. The van der Waals surface area contributed by atoms with Crippen LogP contribution in [0, 0.1) is 18.3 Å². The molecule has 0 aromatic heterocycles. The zero-order valence-electron chi connectivity index (χ0n) is 14.2. The molecule has 0 amide bonds. The maximum atomic E-state index is 12.9. The lowest BCUT2D eigenvalue weighted by Crippen LogP contribution is -2.14. The summed E-state index contributed by atoms with van der Waals surface area (Å²) in [7, 11) is -2.02. The molecule has 0 N–H and O–H groups in total. The zero-order chi connectivity index (χ0) is 18.6. The summed E-state index contributed by atoms with van der Waals surface area (Å²) in [6.07, 6.45) is 1.66.